The molecule has 1 aromatic carbocycles. The Kier molecular flexibility index (Phi) is 4.90. The van der Waals surface area contributed by atoms with Crippen molar-refractivity contribution in [2.24, 2.45) is 11.7 Å². The van der Waals surface area contributed by atoms with Crippen molar-refractivity contribution in [2.45, 2.75) is 19.8 Å². The van der Waals surface area contributed by atoms with Gasteiger partial charge in [-0.1, -0.05) is 25.5 Å². The molecule has 0 radical (unpaired) electrons. The molecule has 0 aliphatic rings. The van der Waals surface area contributed by atoms with E-state index >= 15 is 0 Å². The molecular weight excluding hydrogens is 252 g/mol. The molecule has 0 fully saturated rings. The van der Waals surface area contributed by atoms with Crippen LogP contribution in [0.2, 0.25) is 0 Å². The van der Waals surface area contributed by atoms with Crippen LogP contribution in [0.25, 0.3) is 11.3 Å². The number of aromatic amines is 1. The van der Waals surface area contributed by atoms with E-state index in [1.165, 1.54) is 0 Å². The summed E-state index contributed by atoms with van der Waals surface area (Å²) in [6.45, 7) is 2.43. The Bertz CT molecular complexity index is 534. The van der Waals surface area contributed by atoms with Gasteiger partial charge in [0.15, 0.2) is 0 Å². The van der Waals surface area contributed by atoms with E-state index in [9.17, 15) is 4.79 Å². The second-order valence-electron chi connectivity index (χ2n) is 4.76. The fourth-order valence-electron chi connectivity index (χ4n) is 2.10. The summed E-state index contributed by atoms with van der Waals surface area (Å²) in [5.74, 6) is -0.129. The first-order valence-corrected chi connectivity index (χ1v) is 6.85. The van der Waals surface area contributed by atoms with E-state index in [4.69, 9.17) is 5.73 Å². The minimum absolute atomic E-state index is 0.0105. The van der Waals surface area contributed by atoms with E-state index in [-0.39, 0.29) is 11.8 Å². The third kappa shape index (κ3) is 3.45. The Hall–Kier alpha value is -2.14. The standard InChI is InChI=1S/C15H20N4O/c1-2-3-12(10-16)15(20)18-13-6-4-11(5-7-13)14-8-9-17-19-14/h4-9,12H,2-3,10,16H2,1H3,(H,17,19)(H,18,20). The van der Waals surface area contributed by atoms with Crippen molar-refractivity contribution < 1.29 is 4.79 Å². The van der Waals surface area contributed by atoms with Crippen molar-refractivity contribution in [3.63, 3.8) is 0 Å². The van der Waals surface area contributed by atoms with Gasteiger partial charge >= 0.3 is 0 Å². The molecule has 4 N–H and O–H groups in total. The Morgan fingerprint density at radius 2 is 2.10 bits per heavy atom. The van der Waals surface area contributed by atoms with E-state index < -0.39 is 0 Å². The van der Waals surface area contributed by atoms with E-state index in [0.29, 0.717) is 6.54 Å². The number of H-pyrrole nitrogens is 1. The summed E-state index contributed by atoms with van der Waals surface area (Å²) in [5.41, 5.74) is 8.40. The van der Waals surface area contributed by atoms with Crippen molar-refractivity contribution in [3.05, 3.63) is 36.5 Å². The number of carbonyl (C=O) groups is 1. The van der Waals surface area contributed by atoms with Crippen molar-refractivity contribution in [1.29, 1.82) is 0 Å². The molecule has 0 aliphatic heterocycles. The molecule has 1 amide bonds. The third-order valence-corrected chi connectivity index (χ3v) is 3.26. The Labute approximate surface area is 118 Å². The lowest BCUT2D eigenvalue weighted by Gasteiger charge is -2.14. The first kappa shape index (κ1) is 14.3. The first-order valence-electron chi connectivity index (χ1n) is 6.85. The van der Waals surface area contributed by atoms with Crippen molar-refractivity contribution >= 4 is 11.6 Å². The molecule has 20 heavy (non-hydrogen) atoms. The van der Waals surface area contributed by atoms with Crippen LogP contribution in [0.1, 0.15) is 19.8 Å². The Morgan fingerprint density at radius 3 is 2.65 bits per heavy atom. The molecule has 1 unspecified atom stereocenters. The molecule has 0 spiro atoms. The maximum absolute atomic E-state index is 12.0. The van der Waals surface area contributed by atoms with Gasteiger partial charge in [0.2, 0.25) is 5.91 Å². The highest BCUT2D eigenvalue weighted by molar-refractivity contribution is 5.92. The summed E-state index contributed by atoms with van der Waals surface area (Å²) >= 11 is 0. The quantitative estimate of drug-likeness (QED) is 0.755. The zero-order valence-electron chi connectivity index (χ0n) is 11.6. The Morgan fingerprint density at radius 1 is 1.35 bits per heavy atom. The largest absolute Gasteiger partial charge is 0.330 e. The lowest BCUT2D eigenvalue weighted by atomic mass is 10.0. The van der Waals surface area contributed by atoms with Crippen molar-refractivity contribution in [2.75, 3.05) is 11.9 Å². The molecule has 0 saturated carbocycles. The number of nitrogens with one attached hydrogen (secondary N) is 2. The second kappa shape index (κ2) is 6.86. The van der Waals surface area contributed by atoms with Gasteiger partial charge in [-0.25, -0.2) is 0 Å². The zero-order chi connectivity index (χ0) is 14.4. The van der Waals surface area contributed by atoms with E-state index in [0.717, 1.165) is 29.8 Å². The zero-order valence-corrected chi connectivity index (χ0v) is 11.6. The smallest absolute Gasteiger partial charge is 0.228 e. The number of nitrogens with two attached hydrogens (primary N) is 1. The molecule has 0 aliphatic carbocycles. The minimum Gasteiger partial charge on any atom is -0.330 e. The number of anilines is 1. The van der Waals surface area contributed by atoms with Gasteiger partial charge in [0.05, 0.1) is 11.6 Å². The summed E-state index contributed by atoms with van der Waals surface area (Å²) in [5, 5.41) is 9.72. The molecule has 5 nitrogen and oxygen atoms in total. The Balaban J connectivity index is 2.02. The highest BCUT2D eigenvalue weighted by atomic mass is 16.1. The van der Waals surface area contributed by atoms with Gasteiger partial charge in [-0.3, -0.25) is 9.89 Å². The molecule has 1 aromatic heterocycles. The fraction of sp³-hybridized carbons (Fsp3) is 0.333. The van der Waals surface area contributed by atoms with E-state index in [1.807, 2.05) is 30.3 Å². The summed E-state index contributed by atoms with van der Waals surface area (Å²) in [6, 6.07) is 9.56. The summed E-state index contributed by atoms with van der Waals surface area (Å²) in [6.07, 6.45) is 3.48. The number of amides is 1. The average Bonchev–Trinajstić information content (AvgIpc) is 2.99. The number of hydrogen-bond donors (Lipinski definition) is 3. The lowest BCUT2D eigenvalue weighted by molar-refractivity contribution is -0.119. The van der Waals surface area contributed by atoms with Crippen LogP contribution in [0.15, 0.2) is 36.5 Å². The number of rotatable bonds is 6. The highest BCUT2D eigenvalue weighted by Crippen LogP contribution is 2.19. The van der Waals surface area contributed by atoms with Crippen LogP contribution >= 0.6 is 0 Å². The van der Waals surface area contributed by atoms with Gasteiger partial charge < -0.3 is 11.1 Å². The van der Waals surface area contributed by atoms with Crippen molar-refractivity contribution in [1.82, 2.24) is 10.2 Å². The first-order chi connectivity index (χ1) is 9.74. The number of hydrogen-bond acceptors (Lipinski definition) is 3. The van der Waals surface area contributed by atoms with E-state index in [1.54, 1.807) is 6.20 Å². The molecular formula is C15H20N4O. The van der Waals surface area contributed by atoms with Gasteiger partial charge in [-0.2, -0.15) is 5.10 Å². The topological polar surface area (TPSA) is 83.8 Å². The van der Waals surface area contributed by atoms with Crippen LogP contribution in [0.5, 0.6) is 0 Å². The van der Waals surface area contributed by atoms with Gasteiger partial charge in [0.25, 0.3) is 0 Å². The maximum Gasteiger partial charge on any atom is 0.228 e. The van der Waals surface area contributed by atoms with Crippen LogP contribution in [0.4, 0.5) is 5.69 Å². The number of benzene rings is 1. The number of nitrogens with zero attached hydrogens (tertiary/aromatic N) is 1. The minimum atomic E-state index is -0.118. The SMILES string of the molecule is CCCC(CN)C(=O)Nc1ccc(-c2ccn[nH]2)cc1. The van der Waals surface area contributed by atoms with Crippen molar-refractivity contribution in [3.8, 4) is 11.3 Å². The van der Waals surface area contributed by atoms with E-state index in [2.05, 4.69) is 22.4 Å². The summed E-state index contributed by atoms with van der Waals surface area (Å²) < 4.78 is 0. The molecule has 106 valence electrons. The highest BCUT2D eigenvalue weighted by Gasteiger charge is 2.15. The molecule has 5 heteroatoms. The van der Waals surface area contributed by atoms with Gasteiger partial charge in [-0.15, -0.1) is 0 Å². The van der Waals surface area contributed by atoms with Crippen LogP contribution in [0.3, 0.4) is 0 Å². The van der Waals surface area contributed by atoms with Gasteiger partial charge in [0, 0.05) is 18.4 Å². The molecule has 2 aromatic rings. The molecule has 0 saturated heterocycles. The predicted molar refractivity (Wildman–Crippen MR) is 80.1 cm³/mol. The molecule has 1 heterocycles. The van der Waals surface area contributed by atoms with Crippen LogP contribution < -0.4 is 11.1 Å². The number of aromatic nitrogens is 2. The predicted octanol–water partition coefficient (Wildman–Crippen LogP) is 2.39. The van der Waals surface area contributed by atoms with Crippen LogP contribution in [-0.2, 0) is 4.79 Å². The second-order valence-corrected chi connectivity index (χ2v) is 4.76. The molecule has 0 bridgehead atoms. The third-order valence-electron chi connectivity index (χ3n) is 3.26. The number of carbonyl (C=O) groups excluding carboxylic acids is 1. The normalized spacial score (nSPS) is 12.1. The molecule has 2 rings (SSSR count). The average molecular weight is 272 g/mol. The van der Waals surface area contributed by atoms with Crippen LogP contribution in [-0.4, -0.2) is 22.6 Å². The van der Waals surface area contributed by atoms with Gasteiger partial charge in [0.1, 0.15) is 0 Å². The monoisotopic (exact) mass is 272 g/mol. The fourth-order valence-corrected chi connectivity index (χ4v) is 2.10. The molecule has 1 atom stereocenters. The lowest BCUT2D eigenvalue weighted by Crippen LogP contribution is -2.29. The maximum atomic E-state index is 12.0. The summed E-state index contributed by atoms with van der Waals surface area (Å²) in [7, 11) is 0. The van der Waals surface area contributed by atoms with Gasteiger partial charge in [-0.05, 0) is 30.2 Å². The van der Waals surface area contributed by atoms with Crippen LogP contribution in [0, 0.1) is 5.92 Å². The summed E-state index contributed by atoms with van der Waals surface area (Å²) in [4.78, 5) is 12.0.